The first-order chi connectivity index (χ1) is 17.5. The summed E-state index contributed by atoms with van der Waals surface area (Å²) < 4.78 is 2.17. The van der Waals surface area contributed by atoms with Crippen molar-refractivity contribution in [1.29, 1.82) is 0 Å². The van der Waals surface area contributed by atoms with E-state index in [9.17, 15) is 14.7 Å². The van der Waals surface area contributed by atoms with Gasteiger partial charge in [0.25, 0.3) is 11.8 Å². The number of hydrogen-bond donors (Lipinski definition) is 2. The summed E-state index contributed by atoms with van der Waals surface area (Å²) >= 11 is 8.34. The Bertz CT molecular complexity index is 1680. The molecule has 0 spiro atoms. The molecule has 2 amide bonds. The molecule has 178 valence electrons. The second kappa shape index (κ2) is 9.04. The summed E-state index contributed by atoms with van der Waals surface area (Å²) in [5.74, 6) is 0.155. The van der Waals surface area contributed by atoms with E-state index in [1.54, 1.807) is 30.0 Å². The third-order valence-corrected chi connectivity index (χ3v) is 7.95. The van der Waals surface area contributed by atoms with Crippen molar-refractivity contribution in [2.24, 2.45) is 0 Å². The normalized spacial score (nSPS) is 12.9. The number of carbonyl (C=O) groups is 2. The molecule has 1 aliphatic rings. The van der Waals surface area contributed by atoms with E-state index in [1.165, 1.54) is 4.90 Å². The van der Waals surface area contributed by atoms with Crippen LogP contribution in [-0.4, -0.2) is 27.2 Å². The maximum absolute atomic E-state index is 13.1. The summed E-state index contributed by atoms with van der Waals surface area (Å²) in [6.45, 7) is 0.709. The number of halogens is 1. The quantitative estimate of drug-likeness (QED) is 0.148. The van der Waals surface area contributed by atoms with Gasteiger partial charge in [0.15, 0.2) is 0 Å². The second-order valence-electron chi connectivity index (χ2n) is 8.70. The van der Waals surface area contributed by atoms with Crippen molar-refractivity contribution in [1.82, 2.24) is 9.88 Å². The van der Waals surface area contributed by atoms with Crippen LogP contribution in [0.15, 0.2) is 83.8 Å². The minimum absolute atomic E-state index is 0.106. The third-order valence-electron chi connectivity index (χ3n) is 6.52. The van der Waals surface area contributed by atoms with Gasteiger partial charge in [-0.15, -0.1) is 11.8 Å². The van der Waals surface area contributed by atoms with Gasteiger partial charge in [0.2, 0.25) is 0 Å². The number of aryl methyl sites for hydroxylation is 1. The Labute approximate surface area is 216 Å². The number of nitrogens with one attached hydrogen (secondary N) is 1. The lowest BCUT2D eigenvalue weighted by Crippen LogP contribution is -2.20. The van der Waals surface area contributed by atoms with Crippen molar-refractivity contribution in [3.63, 3.8) is 0 Å². The number of nitrogens with zero attached hydrogens (tertiary/aromatic N) is 1. The Morgan fingerprint density at radius 3 is 2.39 bits per heavy atom. The van der Waals surface area contributed by atoms with E-state index in [1.807, 2.05) is 48.5 Å². The van der Waals surface area contributed by atoms with Crippen LogP contribution in [-0.2, 0) is 6.54 Å². The summed E-state index contributed by atoms with van der Waals surface area (Å²) in [4.78, 5) is 27.2. The van der Waals surface area contributed by atoms with Gasteiger partial charge in [-0.3, -0.25) is 14.9 Å². The highest BCUT2D eigenvalue weighted by molar-refractivity contribution is 7.99. The van der Waals surface area contributed by atoms with Gasteiger partial charge in [0, 0.05) is 38.3 Å². The van der Waals surface area contributed by atoms with Gasteiger partial charge in [-0.05, 0) is 60.2 Å². The summed E-state index contributed by atoms with van der Waals surface area (Å²) in [5, 5.41) is 14.7. The van der Waals surface area contributed by atoms with Crippen LogP contribution in [0, 0.1) is 0 Å². The minimum atomic E-state index is -0.438. The average Bonchev–Trinajstić information content (AvgIpc) is 3.35. The van der Waals surface area contributed by atoms with Crippen molar-refractivity contribution >= 4 is 57.0 Å². The fourth-order valence-electron chi connectivity index (χ4n) is 5.00. The molecule has 5 aromatic rings. The zero-order valence-corrected chi connectivity index (χ0v) is 20.7. The van der Waals surface area contributed by atoms with Crippen LogP contribution >= 0.6 is 23.4 Å². The Morgan fingerprint density at radius 1 is 0.833 bits per heavy atom. The van der Waals surface area contributed by atoms with Gasteiger partial charge < -0.3 is 9.67 Å². The van der Waals surface area contributed by atoms with E-state index >= 15 is 0 Å². The molecule has 0 saturated heterocycles. The highest BCUT2D eigenvalue weighted by atomic mass is 35.5. The summed E-state index contributed by atoms with van der Waals surface area (Å²) in [5.41, 5.74) is 3.71. The van der Waals surface area contributed by atoms with Crippen molar-refractivity contribution in [3.8, 4) is 16.9 Å². The lowest BCUT2D eigenvalue weighted by Gasteiger charge is -2.12. The highest BCUT2D eigenvalue weighted by Gasteiger charge is 2.34. The minimum Gasteiger partial charge on any atom is -0.508 e. The molecule has 0 unspecified atom stereocenters. The molecule has 7 heteroatoms. The van der Waals surface area contributed by atoms with E-state index < -0.39 is 11.8 Å². The first-order valence-electron chi connectivity index (χ1n) is 11.6. The molecule has 1 aromatic heterocycles. The third kappa shape index (κ3) is 3.74. The van der Waals surface area contributed by atoms with Gasteiger partial charge in [-0.25, -0.2) is 0 Å². The van der Waals surface area contributed by atoms with Crippen molar-refractivity contribution in [2.75, 3.05) is 5.75 Å². The van der Waals surface area contributed by atoms with Crippen molar-refractivity contribution in [3.05, 3.63) is 95.0 Å². The maximum Gasteiger partial charge on any atom is 0.259 e. The Hall–Kier alpha value is -3.74. The molecule has 0 aliphatic carbocycles. The van der Waals surface area contributed by atoms with E-state index in [0.717, 1.165) is 28.6 Å². The van der Waals surface area contributed by atoms with Gasteiger partial charge in [-0.2, -0.15) is 0 Å². The van der Waals surface area contributed by atoms with E-state index in [2.05, 4.69) is 22.0 Å². The number of hydrogen-bond acceptors (Lipinski definition) is 4. The SMILES string of the molecule is O=C1NC(=O)c2c1c(-c1ccccc1Cl)cc1c2c2cc(O)ccc2n1CCCSc1ccccc1. The number of benzene rings is 4. The zero-order chi connectivity index (χ0) is 24.8. The molecule has 0 bridgehead atoms. The topological polar surface area (TPSA) is 71.3 Å². The van der Waals surface area contributed by atoms with E-state index in [4.69, 9.17) is 11.6 Å². The van der Waals surface area contributed by atoms with Crippen LogP contribution < -0.4 is 5.32 Å². The smallest absolute Gasteiger partial charge is 0.259 e. The van der Waals surface area contributed by atoms with E-state index in [-0.39, 0.29) is 5.75 Å². The largest absolute Gasteiger partial charge is 0.508 e. The number of phenolic OH excluding ortho intramolecular Hbond substituents is 1. The van der Waals surface area contributed by atoms with Crippen LogP contribution in [0.5, 0.6) is 5.75 Å². The number of imide groups is 1. The molecule has 0 radical (unpaired) electrons. The van der Waals surface area contributed by atoms with E-state index in [0.29, 0.717) is 39.2 Å². The Morgan fingerprint density at radius 2 is 1.58 bits per heavy atom. The monoisotopic (exact) mass is 512 g/mol. The molecule has 6 rings (SSSR count). The molecular weight excluding hydrogens is 492 g/mol. The summed E-state index contributed by atoms with van der Waals surface area (Å²) in [6.07, 6.45) is 0.892. The lowest BCUT2D eigenvalue weighted by atomic mass is 9.93. The zero-order valence-electron chi connectivity index (χ0n) is 19.1. The molecule has 2 heterocycles. The lowest BCUT2D eigenvalue weighted by molar-refractivity contribution is 0.0880. The van der Waals surface area contributed by atoms with Gasteiger partial charge in [0.1, 0.15) is 5.75 Å². The molecule has 1 aliphatic heterocycles. The standard InChI is InChI=1S/C29H21ClN2O3S/c30-22-10-5-4-9-19(22)20-16-24-25(27-26(20)28(34)31-29(27)35)21-15-17(33)11-12-23(21)32(24)13-6-14-36-18-7-2-1-3-8-18/h1-5,7-12,15-16,33H,6,13-14H2,(H,31,34,35). The fraction of sp³-hybridized carbons (Fsp3) is 0.103. The maximum atomic E-state index is 13.1. The molecule has 0 atom stereocenters. The number of aromatic hydroxyl groups is 1. The predicted octanol–water partition coefficient (Wildman–Crippen LogP) is 6.89. The first kappa shape index (κ1) is 22.7. The van der Waals surface area contributed by atoms with Gasteiger partial charge >= 0.3 is 0 Å². The van der Waals surface area contributed by atoms with Crippen LogP contribution in [0.4, 0.5) is 0 Å². The Kier molecular flexibility index (Phi) is 5.70. The highest BCUT2D eigenvalue weighted by Crippen LogP contribution is 2.42. The molecule has 4 aromatic carbocycles. The number of phenols is 1. The molecule has 5 nitrogen and oxygen atoms in total. The van der Waals surface area contributed by atoms with Crippen LogP contribution in [0.3, 0.4) is 0 Å². The van der Waals surface area contributed by atoms with Crippen LogP contribution in [0.25, 0.3) is 32.9 Å². The van der Waals surface area contributed by atoms with Crippen LogP contribution in [0.1, 0.15) is 27.1 Å². The second-order valence-corrected chi connectivity index (χ2v) is 10.3. The van der Waals surface area contributed by atoms with Crippen molar-refractivity contribution < 1.29 is 14.7 Å². The number of rotatable bonds is 6. The van der Waals surface area contributed by atoms with Crippen molar-refractivity contribution in [2.45, 2.75) is 17.9 Å². The first-order valence-corrected chi connectivity index (χ1v) is 13.0. The Balaban J connectivity index is 1.54. The van der Waals surface area contributed by atoms with Crippen LogP contribution in [0.2, 0.25) is 5.02 Å². The molecule has 36 heavy (non-hydrogen) atoms. The number of amides is 2. The fourth-order valence-corrected chi connectivity index (χ4v) is 6.09. The predicted molar refractivity (Wildman–Crippen MR) is 145 cm³/mol. The number of carbonyl (C=O) groups excluding carboxylic acids is 2. The number of fused-ring (bicyclic) bond motifs is 5. The summed E-state index contributed by atoms with van der Waals surface area (Å²) in [6, 6.07) is 24.7. The number of thioether (sulfide) groups is 1. The molecule has 2 N–H and O–H groups in total. The summed E-state index contributed by atoms with van der Waals surface area (Å²) in [7, 11) is 0. The number of aromatic nitrogens is 1. The molecular formula is C29H21ClN2O3S. The average molecular weight is 513 g/mol. The van der Waals surface area contributed by atoms with Gasteiger partial charge in [-0.1, -0.05) is 48.0 Å². The van der Waals surface area contributed by atoms with Gasteiger partial charge in [0.05, 0.1) is 16.6 Å². The molecule has 0 saturated carbocycles. The molecule has 0 fully saturated rings.